The van der Waals surface area contributed by atoms with Crippen molar-refractivity contribution in [2.45, 2.75) is 26.7 Å². The molecule has 3 aromatic rings. The molecule has 30 heavy (non-hydrogen) atoms. The summed E-state index contributed by atoms with van der Waals surface area (Å²) in [6.07, 6.45) is 6.96. The molecule has 7 nitrogen and oxygen atoms in total. The third-order valence-electron chi connectivity index (χ3n) is 5.27. The van der Waals surface area contributed by atoms with Crippen LogP contribution in [0.25, 0.3) is 11.4 Å². The molecular formula is C23H23N5O2. The lowest BCUT2D eigenvalue weighted by atomic mass is 10.1. The van der Waals surface area contributed by atoms with Crippen LogP contribution < -0.4 is 5.32 Å². The van der Waals surface area contributed by atoms with Gasteiger partial charge in [0.25, 0.3) is 11.8 Å². The number of hydrogen-bond acceptors (Lipinski definition) is 5. The topological polar surface area (TPSA) is 88.1 Å². The van der Waals surface area contributed by atoms with E-state index in [1.165, 1.54) is 6.20 Å². The fourth-order valence-electron chi connectivity index (χ4n) is 3.51. The Morgan fingerprint density at radius 3 is 2.57 bits per heavy atom. The second kappa shape index (κ2) is 8.41. The van der Waals surface area contributed by atoms with Crippen molar-refractivity contribution in [1.29, 1.82) is 0 Å². The van der Waals surface area contributed by atoms with Crippen LogP contribution in [0.2, 0.25) is 0 Å². The Morgan fingerprint density at radius 2 is 1.87 bits per heavy atom. The van der Waals surface area contributed by atoms with Crippen LogP contribution in [-0.4, -0.2) is 44.8 Å². The van der Waals surface area contributed by atoms with Gasteiger partial charge >= 0.3 is 0 Å². The van der Waals surface area contributed by atoms with Gasteiger partial charge in [0.15, 0.2) is 5.82 Å². The predicted molar refractivity (Wildman–Crippen MR) is 114 cm³/mol. The monoisotopic (exact) mass is 401 g/mol. The summed E-state index contributed by atoms with van der Waals surface area (Å²) >= 11 is 0. The summed E-state index contributed by atoms with van der Waals surface area (Å²) in [6.45, 7) is 5.24. The van der Waals surface area contributed by atoms with Gasteiger partial charge < -0.3 is 10.2 Å². The third-order valence-corrected chi connectivity index (χ3v) is 5.27. The van der Waals surface area contributed by atoms with E-state index in [0.717, 1.165) is 37.1 Å². The van der Waals surface area contributed by atoms with Crippen LogP contribution in [0, 0.1) is 13.8 Å². The second-order valence-corrected chi connectivity index (χ2v) is 7.42. The molecule has 1 N–H and O–H groups in total. The van der Waals surface area contributed by atoms with Gasteiger partial charge in [0.05, 0.1) is 11.3 Å². The number of aryl methyl sites for hydroxylation is 2. The van der Waals surface area contributed by atoms with Crippen molar-refractivity contribution in [3.8, 4) is 11.4 Å². The number of benzene rings is 1. The fraction of sp³-hybridized carbons (Fsp3) is 0.261. The van der Waals surface area contributed by atoms with Crippen LogP contribution in [0.4, 0.5) is 5.69 Å². The van der Waals surface area contributed by atoms with E-state index < -0.39 is 0 Å². The zero-order valence-corrected chi connectivity index (χ0v) is 17.1. The molecule has 1 aliphatic rings. The van der Waals surface area contributed by atoms with Crippen LogP contribution in [0.3, 0.4) is 0 Å². The van der Waals surface area contributed by atoms with E-state index in [9.17, 15) is 9.59 Å². The number of pyridine rings is 1. The molecule has 152 valence electrons. The lowest BCUT2D eigenvalue weighted by molar-refractivity contribution is 0.0792. The summed E-state index contributed by atoms with van der Waals surface area (Å²) in [6, 6.07) is 9.09. The molecule has 0 saturated carbocycles. The number of anilines is 1. The average molecular weight is 401 g/mol. The highest BCUT2D eigenvalue weighted by atomic mass is 16.2. The number of nitrogens with one attached hydrogen (secondary N) is 1. The van der Waals surface area contributed by atoms with Gasteiger partial charge in [-0.15, -0.1) is 0 Å². The molecule has 0 aliphatic carbocycles. The number of carbonyl (C=O) groups excluding carboxylic acids is 2. The number of hydrogen-bond donors (Lipinski definition) is 1. The van der Waals surface area contributed by atoms with Crippen LogP contribution in [0.1, 0.15) is 44.8 Å². The van der Waals surface area contributed by atoms with Crippen molar-refractivity contribution >= 4 is 17.5 Å². The Bertz CT molecular complexity index is 1090. The first-order valence-corrected chi connectivity index (χ1v) is 9.98. The molecular weight excluding hydrogens is 378 g/mol. The van der Waals surface area contributed by atoms with E-state index in [4.69, 9.17) is 0 Å². The normalized spacial score (nSPS) is 13.3. The number of aromatic nitrogens is 3. The highest BCUT2D eigenvalue weighted by Crippen LogP contribution is 2.22. The van der Waals surface area contributed by atoms with Crippen LogP contribution in [0.15, 0.2) is 48.9 Å². The summed E-state index contributed by atoms with van der Waals surface area (Å²) in [5, 5.41) is 2.91. The minimum Gasteiger partial charge on any atom is -0.339 e. The third kappa shape index (κ3) is 4.05. The molecule has 1 fully saturated rings. The smallest absolute Gasteiger partial charge is 0.259 e. The molecule has 0 atom stereocenters. The first kappa shape index (κ1) is 19.7. The van der Waals surface area contributed by atoms with E-state index in [1.54, 1.807) is 25.4 Å². The molecule has 1 saturated heterocycles. The molecule has 0 spiro atoms. The summed E-state index contributed by atoms with van der Waals surface area (Å²) in [5.74, 6) is 0.217. The molecule has 0 bridgehead atoms. The van der Waals surface area contributed by atoms with Crippen LogP contribution >= 0.6 is 0 Å². The van der Waals surface area contributed by atoms with Crippen LogP contribution in [-0.2, 0) is 0 Å². The molecule has 1 aliphatic heterocycles. The fourth-order valence-corrected chi connectivity index (χ4v) is 3.51. The van der Waals surface area contributed by atoms with Gasteiger partial charge in [0.2, 0.25) is 0 Å². The highest BCUT2D eigenvalue weighted by molar-refractivity contribution is 6.06. The Morgan fingerprint density at radius 1 is 1.07 bits per heavy atom. The van der Waals surface area contributed by atoms with Gasteiger partial charge in [-0.2, -0.15) is 0 Å². The number of carbonyl (C=O) groups is 2. The zero-order valence-electron chi connectivity index (χ0n) is 17.1. The Kier molecular flexibility index (Phi) is 5.52. The zero-order chi connectivity index (χ0) is 21.1. The van der Waals surface area contributed by atoms with Crippen molar-refractivity contribution in [1.82, 2.24) is 19.9 Å². The maximum absolute atomic E-state index is 12.9. The van der Waals surface area contributed by atoms with Crippen molar-refractivity contribution < 1.29 is 9.59 Å². The van der Waals surface area contributed by atoms with E-state index in [2.05, 4.69) is 20.3 Å². The number of likely N-dealkylation sites (tertiary alicyclic amines) is 1. The molecule has 4 rings (SSSR count). The lowest BCUT2D eigenvalue weighted by Gasteiger charge is -2.17. The Balaban J connectivity index is 1.55. The van der Waals surface area contributed by atoms with E-state index >= 15 is 0 Å². The maximum Gasteiger partial charge on any atom is 0.259 e. The Hall–Kier alpha value is -3.61. The summed E-state index contributed by atoms with van der Waals surface area (Å²) in [5.41, 5.74) is 3.82. The minimum atomic E-state index is -0.306. The van der Waals surface area contributed by atoms with Gasteiger partial charge in [-0.05, 0) is 56.5 Å². The summed E-state index contributed by atoms with van der Waals surface area (Å²) in [4.78, 5) is 40.3. The SMILES string of the molecule is Cc1ccc(C(=O)N2CCCC2)cc1NC(=O)c1cnc(-c2cccnc2)nc1C. The molecule has 1 aromatic carbocycles. The molecule has 2 amide bonds. The van der Waals surface area contributed by atoms with Crippen LogP contribution in [0.5, 0.6) is 0 Å². The van der Waals surface area contributed by atoms with Gasteiger partial charge in [0.1, 0.15) is 0 Å². The Labute approximate surface area is 175 Å². The molecule has 0 unspecified atom stereocenters. The van der Waals surface area contributed by atoms with E-state index in [-0.39, 0.29) is 11.8 Å². The van der Waals surface area contributed by atoms with Crippen molar-refractivity contribution in [2.24, 2.45) is 0 Å². The first-order valence-electron chi connectivity index (χ1n) is 9.98. The standard InChI is InChI=1S/C23H23N5O2/c1-15-7-8-17(23(30)28-10-3-4-11-28)12-20(15)27-22(29)19-14-25-21(26-16(19)2)18-6-5-9-24-13-18/h5-9,12-14H,3-4,10-11H2,1-2H3,(H,27,29). The van der Waals surface area contributed by atoms with E-state index in [0.29, 0.717) is 28.3 Å². The number of amides is 2. The predicted octanol–water partition coefficient (Wildman–Crippen LogP) is 3.64. The summed E-state index contributed by atoms with van der Waals surface area (Å²) in [7, 11) is 0. The quantitative estimate of drug-likeness (QED) is 0.721. The number of nitrogens with zero attached hydrogens (tertiary/aromatic N) is 4. The molecule has 2 aromatic heterocycles. The van der Waals surface area contributed by atoms with Gasteiger partial charge in [-0.1, -0.05) is 6.07 Å². The average Bonchev–Trinajstić information content (AvgIpc) is 3.30. The minimum absolute atomic E-state index is 0.00309. The van der Waals surface area contributed by atoms with Crippen molar-refractivity contribution in [2.75, 3.05) is 18.4 Å². The first-order chi connectivity index (χ1) is 14.5. The van der Waals surface area contributed by atoms with Gasteiger partial charge in [-0.3, -0.25) is 14.6 Å². The second-order valence-electron chi connectivity index (χ2n) is 7.42. The summed E-state index contributed by atoms with van der Waals surface area (Å²) < 4.78 is 0. The lowest BCUT2D eigenvalue weighted by Crippen LogP contribution is -2.27. The maximum atomic E-state index is 12.9. The molecule has 7 heteroatoms. The van der Waals surface area contributed by atoms with Crippen molar-refractivity contribution in [3.05, 3.63) is 71.3 Å². The van der Waals surface area contributed by atoms with Crippen molar-refractivity contribution in [3.63, 3.8) is 0 Å². The van der Waals surface area contributed by atoms with Gasteiger partial charge in [0, 0.05) is 48.5 Å². The molecule has 3 heterocycles. The van der Waals surface area contributed by atoms with E-state index in [1.807, 2.05) is 36.1 Å². The largest absolute Gasteiger partial charge is 0.339 e. The number of rotatable bonds is 4. The van der Waals surface area contributed by atoms with Gasteiger partial charge in [-0.25, -0.2) is 9.97 Å². The highest BCUT2D eigenvalue weighted by Gasteiger charge is 2.21. The molecule has 0 radical (unpaired) electrons.